The second-order valence-corrected chi connectivity index (χ2v) is 7.27. The first kappa shape index (κ1) is 18.6. The maximum Gasteiger partial charge on any atom is 0.324 e. The Balaban J connectivity index is 2.62. The van der Waals surface area contributed by atoms with Gasteiger partial charge < -0.3 is 26.8 Å². The number of phenolic OH excluding ortho intramolecular Hbond substituents is 1. The number of carboxylic acids is 2. The molecule has 0 amide bonds. The SMILES string of the molecule is N[C@@H](CSSC[C@@](N)(Cc1ccccc1O)C(=O)O)C(=O)O. The average Bonchev–Trinajstić information content (AvgIpc) is 2.45. The van der Waals surface area contributed by atoms with Crippen LogP contribution in [0.4, 0.5) is 0 Å². The summed E-state index contributed by atoms with van der Waals surface area (Å²) >= 11 is 0. The number of hydrogen-bond acceptors (Lipinski definition) is 7. The Morgan fingerprint density at radius 3 is 2.41 bits per heavy atom. The van der Waals surface area contributed by atoms with Gasteiger partial charge in [-0.3, -0.25) is 9.59 Å². The summed E-state index contributed by atoms with van der Waals surface area (Å²) in [5.74, 6) is -2.12. The van der Waals surface area contributed by atoms with Crippen molar-refractivity contribution in [2.24, 2.45) is 11.5 Å². The maximum absolute atomic E-state index is 11.4. The van der Waals surface area contributed by atoms with E-state index in [1.54, 1.807) is 18.2 Å². The summed E-state index contributed by atoms with van der Waals surface area (Å²) < 4.78 is 0. The topological polar surface area (TPSA) is 147 Å². The van der Waals surface area contributed by atoms with Crippen LogP contribution in [0, 0.1) is 0 Å². The van der Waals surface area contributed by atoms with E-state index < -0.39 is 23.5 Å². The lowest BCUT2D eigenvalue weighted by Gasteiger charge is -2.24. The van der Waals surface area contributed by atoms with Gasteiger partial charge in [-0.1, -0.05) is 39.8 Å². The van der Waals surface area contributed by atoms with Crippen molar-refractivity contribution in [1.82, 2.24) is 0 Å². The van der Waals surface area contributed by atoms with Gasteiger partial charge in [0.2, 0.25) is 0 Å². The average molecular weight is 346 g/mol. The van der Waals surface area contributed by atoms with Gasteiger partial charge in [0.1, 0.15) is 17.3 Å². The number of benzene rings is 1. The van der Waals surface area contributed by atoms with E-state index in [1.165, 1.54) is 6.07 Å². The summed E-state index contributed by atoms with van der Waals surface area (Å²) in [6, 6.07) is 5.39. The molecule has 22 heavy (non-hydrogen) atoms. The van der Waals surface area contributed by atoms with Crippen LogP contribution in [0.15, 0.2) is 24.3 Å². The fourth-order valence-corrected chi connectivity index (χ4v) is 4.04. The van der Waals surface area contributed by atoms with Crippen LogP contribution in [0.5, 0.6) is 5.75 Å². The number of carbonyl (C=O) groups is 2. The zero-order chi connectivity index (χ0) is 16.8. The van der Waals surface area contributed by atoms with Crippen LogP contribution in [0.3, 0.4) is 0 Å². The molecule has 0 fully saturated rings. The van der Waals surface area contributed by atoms with Gasteiger partial charge >= 0.3 is 11.9 Å². The summed E-state index contributed by atoms with van der Waals surface area (Å²) in [4.78, 5) is 22.0. The highest BCUT2D eigenvalue weighted by Gasteiger charge is 2.35. The zero-order valence-electron chi connectivity index (χ0n) is 11.6. The largest absolute Gasteiger partial charge is 0.508 e. The molecule has 0 aliphatic heterocycles. The molecule has 1 rings (SSSR count). The Bertz CT molecular complexity index is 543. The van der Waals surface area contributed by atoms with Crippen LogP contribution in [-0.4, -0.2) is 50.3 Å². The van der Waals surface area contributed by atoms with Gasteiger partial charge in [-0.15, -0.1) is 0 Å². The van der Waals surface area contributed by atoms with E-state index in [0.717, 1.165) is 21.6 Å². The Kier molecular flexibility index (Phi) is 7.01. The van der Waals surface area contributed by atoms with Gasteiger partial charge in [0, 0.05) is 17.9 Å². The van der Waals surface area contributed by atoms with Crippen molar-refractivity contribution in [2.75, 3.05) is 11.5 Å². The molecule has 0 aromatic heterocycles. The number of rotatable bonds is 9. The monoisotopic (exact) mass is 346 g/mol. The molecule has 1 aromatic rings. The van der Waals surface area contributed by atoms with Crippen LogP contribution in [-0.2, 0) is 16.0 Å². The molecule has 0 saturated heterocycles. The van der Waals surface area contributed by atoms with Gasteiger partial charge in [0.05, 0.1) is 0 Å². The number of aromatic hydroxyl groups is 1. The van der Waals surface area contributed by atoms with E-state index in [0.29, 0.717) is 5.56 Å². The van der Waals surface area contributed by atoms with Crippen molar-refractivity contribution in [3.8, 4) is 5.75 Å². The van der Waals surface area contributed by atoms with Crippen molar-refractivity contribution in [2.45, 2.75) is 18.0 Å². The zero-order valence-corrected chi connectivity index (χ0v) is 13.3. The minimum atomic E-state index is -1.57. The molecule has 1 aromatic carbocycles. The highest BCUT2D eigenvalue weighted by molar-refractivity contribution is 8.76. The summed E-state index contributed by atoms with van der Waals surface area (Å²) in [5.41, 5.74) is 10.2. The fraction of sp³-hybridized carbons (Fsp3) is 0.385. The van der Waals surface area contributed by atoms with Gasteiger partial charge in [-0.2, -0.15) is 0 Å². The van der Waals surface area contributed by atoms with Gasteiger partial charge in [-0.05, 0) is 11.6 Å². The summed E-state index contributed by atoms with van der Waals surface area (Å²) in [7, 11) is 2.30. The Morgan fingerprint density at radius 1 is 1.23 bits per heavy atom. The fourth-order valence-electron chi connectivity index (χ4n) is 1.53. The van der Waals surface area contributed by atoms with Crippen LogP contribution >= 0.6 is 21.6 Å². The molecular formula is C13H18N2O5S2. The van der Waals surface area contributed by atoms with Gasteiger partial charge in [0.25, 0.3) is 0 Å². The Hall–Kier alpha value is -1.42. The lowest BCUT2D eigenvalue weighted by molar-refractivity contribution is -0.142. The van der Waals surface area contributed by atoms with Crippen LogP contribution in [0.1, 0.15) is 5.56 Å². The normalized spacial score (nSPS) is 15.0. The van der Waals surface area contributed by atoms with Gasteiger partial charge in [-0.25, -0.2) is 0 Å². The number of nitrogens with two attached hydrogens (primary N) is 2. The second kappa shape index (κ2) is 8.28. The van der Waals surface area contributed by atoms with Crippen molar-refractivity contribution < 1.29 is 24.9 Å². The number of phenols is 1. The first-order valence-electron chi connectivity index (χ1n) is 6.28. The summed E-state index contributed by atoms with van der Waals surface area (Å²) in [6.07, 6.45) is -0.0342. The molecule has 122 valence electrons. The third kappa shape index (κ3) is 5.41. The number of aliphatic carboxylic acids is 2. The minimum absolute atomic E-state index is 0.0101. The molecule has 0 bridgehead atoms. The Morgan fingerprint density at radius 2 is 1.86 bits per heavy atom. The maximum atomic E-state index is 11.4. The molecule has 0 aliphatic rings. The van der Waals surface area contributed by atoms with Gasteiger partial charge in [0.15, 0.2) is 0 Å². The molecule has 0 radical (unpaired) electrons. The summed E-state index contributed by atoms with van der Waals surface area (Å²) in [5, 5.41) is 27.7. The third-order valence-electron chi connectivity index (χ3n) is 2.89. The smallest absolute Gasteiger partial charge is 0.324 e. The van der Waals surface area contributed by atoms with E-state index in [-0.39, 0.29) is 23.7 Å². The summed E-state index contributed by atoms with van der Waals surface area (Å²) in [6.45, 7) is 0. The van der Waals surface area contributed by atoms with E-state index in [1.807, 2.05) is 0 Å². The van der Waals surface area contributed by atoms with E-state index in [2.05, 4.69) is 0 Å². The molecule has 0 spiro atoms. The van der Waals surface area contributed by atoms with Crippen molar-refractivity contribution in [3.63, 3.8) is 0 Å². The molecule has 0 saturated carbocycles. The Labute approximate surface area is 135 Å². The minimum Gasteiger partial charge on any atom is -0.508 e. The van der Waals surface area contributed by atoms with Crippen LogP contribution < -0.4 is 11.5 Å². The molecule has 0 heterocycles. The molecule has 7 nitrogen and oxygen atoms in total. The molecule has 2 atom stereocenters. The number of carboxylic acid groups (broad SMARTS) is 2. The predicted octanol–water partition coefficient (Wildman–Crippen LogP) is 0.510. The van der Waals surface area contributed by atoms with E-state index in [4.69, 9.17) is 16.6 Å². The van der Waals surface area contributed by atoms with Crippen molar-refractivity contribution >= 4 is 33.5 Å². The molecular weight excluding hydrogens is 328 g/mol. The molecule has 0 aliphatic carbocycles. The third-order valence-corrected chi connectivity index (χ3v) is 5.44. The second-order valence-electron chi connectivity index (χ2n) is 4.76. The molecule has 7 N–H and O–H groups in total. The molecule has 9 heteroatoms. The molecule has 0 unspecified atom stereocenters. The standard InChI is InChI=1S/C13H18N2O5S2/c14-9(11(17)18)6-21-22-7-13(15,12(19)20)5-8-3-1-2-4-10(8)16/h1-4,9,16H,5-7,14-15H2,(H,17,18)(H,19,20)/t9-,13-/m0/s1. The van der Waals surface area contributed by atoms with Crippen LogP contribution in [0.2, 0.25) is 0 Å². The lowest BCUT2D eigenvalue weighted by atomic mass is 9.93. The van der Waals surface area contributed by atoms with Crippen molar-refractivity contribution in [3.05, 3.63) is 29.8 Å². The highest BCUT2D eigenvalue weighted by Crippen LogP contribution is 2.29. The quantitative estimate of drug-likeness (QED) is 0.318. The van der Waals surface area contributed by atoms with Crippen LogP contribution in [0.25, 0.3) is 0 Å². The van der Waals surface area contributed by atoms with E-state index in [9.17, 15) is 19.8 Å². The first-order valence-corrected chi connectivity index (χ1v) is 8.77. The first-order chi connectivity index (χ1) is 10.3. The van der Waals surface area contributed by atoms with E-state index >= 15 is 0 Å². The predicted molar refractivity (Wildman–Crippen MR) is 86.9 cm³/mol. The van der Waals surface area contributed by atoms with Crippen molar-refractivity contribution in [1.29, 1.82) is 0 Å². The lowest BCUT2D eigenvalue weighted by Crippen LogP contribution is -2.52. The highest BCUT2D eigenvalue weighted by atomic mass is 33.1. The number of para-hydroxylation sites is 1. The number of hydrogen-bond donors (Lipinski definition) is 5.